The molecule has 0 atom stereocenters. The van der Waals surface area contributed by atoms with Crippen LogP contribution in [0.2, 0.25) is 0 Å². The number of hydrogen-bond acceptors (Lipinski definition) is 2. The van der Waals surface area contributed by atoms with Gasteiger partial charge in [-0.25, -0.2) is 4.79 Å². The maximum absolute atomic E-state index is 10.6. The van der Waals surface area contributed by atoms with Crippen LogP contribution in [0.4, 0.5) is 4.79 Å². The zero-order valence-corrected chi connectivity index (χ0v) is 7.87. The van der Waals surface area contributed by atoms with E-state index < -0.39 is 6.03 Å². The van der Waals surface area contributed by atoms with Crippen molar-refractivity contribution in [3.63, 3.8) is 0 Å². The molecule has 2 amide bonds. The lowest BCUT2D eigenvalue weighted by molar-refractivity contribution is 0.252. The Morgan fingerprint density at radius 1 is 1.57 bits per heavy atom. The van der Waals surface area contributed by atoms with Crippen LogP contribution in [-0.2, 0) is 0 Å². The van der Waals surface area contributed by atoms with Crippen molar-refractivity contribution in [1.82, 2.24) is 5.32 Å². The third-order valence-electron chi connectivity index (χ3n) is 1.81. The van der Waals surface area contributed by atoms with Crippen molar-refractivity contribution >= 4 is 11.7 Å². The number of carbonyl (C=O) groups excluding carboxylic acids is 1. The Hall–Kier alpha value is -1.97. The summed E-state index contributed by atoms with van der Waals surface area (Å²) >= 11 is 0. The van der Waals surface area contributed by atoms with Gasteiger partial charge in [-0.3, -0.25) is 0 Å². The summed E-state index contributed by atoms with van der Waals surface area (Å²) in [6.07, 6.45) is 0. The molecule has 1 aromatic rings. The topological polar surface area (TPSA) is 75.3 Å². The molecule has 1 rings (SSSR count). The highest BCUT2D eigenvalue weighted by atomic mass is 16.3. The summed E-state index contributed by atoms with van der Waals surface area (Å²) in [7, 11) is 0. The number of amides is 2. The van der Waals surface area contributed by atoms with Crippen molar-refractivity contribution in [1.29, 1.82) is 0 Å². The van der Waals surface area contributed by atoms with Crippen LogP contribution >= 0.6 is 0 Å². The minimum Gasteiger partial charge on any atom is -0.508 e. The number of carbonyl (C=O) groups is 1. The number of aryl methyl sites for hydroxylation is 1. The number of primary amides is 1. The summed E-state index contributed by atoms with van der Waals surface area (Å²) in [6.45, 7) is 5.47. The van der Waals surface area contributed by atoms with Crippen LogP contribution in [0.15, 0.2) is 24.8 Å². The molecule has 4 N–H and O–H groups in total. The van der Waals surface area contributed by atoms with Crippen LogP contribution < -0.4 is 11.1 Å². The first-order valence-electron chi connectivity index (χ1n) is 4.06. The fraction of sp³-hybridized carbons (Fsp3) is 0.100. The third kappa shape index (κ3) is 2.26. The van der Waals surface area contributed by atoms with Crippen LogP contribution in [0.25, 0.3) is 5.70 Å². The number of phenols is 1. The van der Waals surface area contributed by atoms with E-state index in [2.05, 4.69) is 11.9 Å². The molecule has 0 fully saturated rings. The first kappa shape index (κ1) is 10.1. The van der Waals surface area contributed by atoms with Gasteiger partial charge in [0.25, 0.3) is 0 Å². The fourth-order valence-electron chi connectivity index (χ4n) is 1.20. The van der Waals surface area contributed by atoms with Gasteiger partial charge < -0.3 is 16.2 Å². The number of phenolic OH excluding ortho intramolecular Hbond substituents is 1. The first-order valence-corrected chi connectivity index (χ1v) is 4.06. The van der Waals surface area contributed by atoms with Crippen LogP contribution in [-0.4, -0.2) is 11.1 Å². The Morgan fingerprint density at radius 3 is 2.71 bits per heavy atom. The standard InChI is InChI=1S/C10H12N2O2/c1-6-5-8(13)3-4-9(6)7(2)12-10(11)14/h3-5,13H,2H2,1H3,(H3,11,12,14). The summed E-state index contributed by atoms with van der Waals surface area (Å²) in [4.78, 5) is 10.6. The molecular weight excluding hydrogens is 180 g/mol. The van der Waals surface area contributed by atoms with Gasteiger partial charge in [0.05, 0.1) is 0 Å². The molecule has 4 heteroatoms. The highest BCUT2D eigenvalue weighted by Crippen LogP contribution is 2.19. The Kier molecular flexibility index (Phi) is 2.76. The van der Waals surface area contributed by atoms with Gasteiger partial charge in [0.2, 0.25) is 0 Å². The minimum absolute atomic E-state index is 0.179. The lowest BCUT2D eigenvalue weighted by Crippen LogP contribution is -2.27. The molecule has 0 spiro atoms. The maximum atomic E-state index is 10.6. The van der Waals surface area contributed by atoms with E-state index >= 15 is 0 Å². The van der Waals surface area contributed by atoms with Gasteiger partial charge in [0.1, 0.15) is 5.75 Å². The number of nitrogens with one attached hydrogen (secondary N) is 1. The molecule has 0 bridgehead atoms. The molecule has 74 valence electrons. The van der Waals surface area contributed by atoms with Gasteiger partial charge in [-0.15, -0.1) is 0 Å². The second kappa shape index (κ2) is 3.83. The summed E-state index contributed by atoms with van der Waals surface area (Å²) in [5, 5.41) is 11.5. The second-order valence-corrected chi connectivity index (χ2v) is 2.97. The predicted molar refractivity (Wildman–Crippen MR) is 54.6 cm³/mol. The third-order valence-corrected chi connectivity index (χ3v) is 1.81. The average molecular weight is 192 g/mol. The zero-order valence-electron chi connectivity index (χ0n) is 7.87. The summed E-state index contributed by atoms with van der Waals surface area (Å²) < 4.78 is 0. The predicted octanol–water partition coefficient (Wildman–Crippen LogP) is 1.34. The van der Waals surface area contributed by atoms with E-state index in [1.807, 2.05) is 6.92 Å². The van der Waals surface area contributed by atoms with Crippen LogP contribution in [0, 0.1) is 6.92 Å². The molecule has 0 saturated carbocycles. The van der Waals surface area contributed by atoms with Crippen molar-refractivity contribution in [2.24, 2.45) is 5.73 Å². The van der Waals surface area contributed by atoms with Crippen LogP contribution in [0.3, 0.4) is 0 Å². The molecule has 4 nitrogen and oxygen atoms in total. The summed E-state index contributed by atoms with van der Waals surface area (Å²) in [5.74, 6) is 0.179. The van der Waals surface area contributed by atoms with Crippen molar-refractivity contribution in [2.75, 3.05) is 0 Å². The van der Waals surface area contributed by atoms with Crippen LogP contribution in [0.5, 0.6) is 5.75 Å². The average Bonchev–Trinajstić information content (AvgIpc) is 2.01. The van der Waals surface area contributed by atoms with E-state index in [1.165, 1.54) is 6.07 Å². The first-order chi connectivity index (χ1) is 6.50. The van der Waals surface area contributed by atoms with Gasteiger partial charge in [0.15, 0.2) is 0 Å². The summed E-state index contributed by atoms with van der Waals surface area (Å²) in [6, 6.07) is 4.13. The maximum Gasteiger partial charge on any atom is 0.316 e. The van der Waals surface area contributed by atoms with Crippen molar-refractivity contribution in [3.05, 3.63) is 35.9 Å². The van der Waals surface area contributed by atoms with Crippen LogP contribution in [0.1, 0.15) is 11.1 Å². The molecule has 0 aliphatic heterocycles. The van der Waals surface area contributed by atoms with Crippen molar-refractivity contribution in [2.45, 2.75) is 6.92 Å². The number of benzene rings is 1. The van der Waals surface area contributed by atoms with E-state index in [4.69, 9.17) is 10.8 Å². The lowest BCUT2D eigenvalue weighted by Gasteiger charge is -2.09. The molecule has 0 aromatic heterocycles. The number of aromatic hydroxyl groups is 1. The van der Waals surface area contributed by atoms with E-state index in [0.717, 1.165) is 11.1 Å². The number of nitrogens with two attached hydrogens (primary N) is 1. The van der Waals surface area contributed by atoms with Gasteiger partial charge >= 0.3 is 6.03 Å². The van der Waals surface area contributed by atoms with Gasteiger partial charge in [-0.2, -0.15) is 0 Å². The largest absolute Gasteiger partial charge is 0.508 e. The smallest absolute Gasteiger partial charge is 0.316 e. The quantitative estimate of drug-likeness (QED) is 0.661. The molecular formula is C10H12N2O2. The van der Waals surface area contributed by atoms with Gasteiger partial charge in [-0.1, -0.05) is 6.58 Å². The number of hydrogen-bond donors (Lipinski definition) is 3. The van der Waals surface area contributed by atoms with E-state index in [0.29, 0.717) is 5.70 Å². The Bertz CT molecular complexity index is 386. The molecule has 0 heterocycles. The minimum atomic E-state index is -0.650. The number of urea groups is 1. The molecule has 1 aromatic carbocycles. The van der Waals surface area contributed by atoms with Crippen molar-refractivity contribution in [3.8, 4) is 5.75 Å². The molecule has 0 saturated heterocycles. The normalized spacial score (nSPS) is 9.50. The SMILES string of the molecule is C=C(NC(N)=O)c1ccc(O)cc1C. The van der Waals surface area contributed by atoms with Gasteiger partial charge in [0, 0.05) is 11.3 Å². The Labute approximate surface area is 82.0 Å². The fourth-order valence-corrected chi connectivity index (χ4v) is 1.20. The lowest BCUT2D eigenvalue weighted by atomic mass is 10.1. The second-order valence-electron chi connectivity index (χ2n) is 2.97. The molecule has 0 radical (unpaired) electrons. The molecule has 14 heavy (non-hydrogen) atoms. The van der Waals surface area contributed by atoms with E-state index in [1.54, 1.807) is 12.1 Å². The zero-order chi connectivity index (χ0) is 10.7. The monoisotopic (exact) mass is 192 g/mol. The highest BCUT2D eigenvalue weighted by molar-refractivity contribution is 5.84. The summed E-state index contributed by atoms with van der Waals surface area (Å²) in [5.41, 5.74) is 6.95. The molecule has 0 aliphatic rings. The highest BCUT2D eigenvalue weighted by Gasteiger charge is 2.04. The Balaban J connectivity index is 2.96. The van der Waals surface area contributed by atoms with Gasteiger partial charge in [-0.05, 0) is 30.7 Å². The molecule has 0 aliphatic carbocycles. The Morgan fingerprint density at radius 2 is 2.21 bits per heavy atom. The molecule has 0 unspecified atom stereocenters. The van der Waals surface area contributed by atoms with E-state index in [-0.39, 0.29) is 5.75 Å². The van der Waals surface area contributed by atoms with Crippen molar-refractivity contribution < 1.29 is 9.90 Å². The van der Waals surface area contributed by atoms with E-state index in [9.17, 15) is 4.79 Å². The number of rotatable bonds is 2.